The number of likely N-dealkylation sites (tertiary alicyclic amines) is 1. The molecule has 16 heavy (non-hydrogen) atoms. The van der Waals surface area contributed by atoms with Crippen LogP contribution in [0.1, 0.15) is 32.3 Å². The van der Waals surface area contributed by atoms with Gasteiger partial charge in [0.15, 0.2) is 0 Å². The number of ether oxygens (including phenoxy) is 1. The maximum absolute atomic E-state index is 11.6. The van der Waals surface area contributed by atoms with E-state index < -0.39 is 5.60 Å². The first-order valence-electron chi connectivity index (χ1n) is 5.42. The van der Waals surface area contributed by atoms with E-state index in [-0.39, 0.29) is 6.09 Å². The van der Waals surface area contributed by atoms with Crippen molar-refractivity contribution in [3.8, 4) is 0 Å². The van der Waals surface area contributed by atoms with Crippen LogP contribution in [0.4, 0.5) is 4.79 Å². The highest BCUT2D eigenvalue weighted by atomic mass is 16.6. The second-order valence-corrected chi connectivity index (χ2v) is 5.11. The summed E-state index contributed by atoms with van der Waals surface area (Å²) in [5.74, 6) is 0.395. The van der Waals surface area contributed by atoms with E-state index in [2.05, 4.69) is 10.2 Å². The second kappa shape index (κ2) is 3.81. The van der Waals surface area contributed by atoms with Crippen molar-refractivity contribution in [2.24, 2.45) is 0 Å². The fraction of sp³-hybridized carbons (Fsp3) is 0.636. The number of hydrogen-bond acceptors (Lipinski definition) is 3. The van der Waals surface area contributed by atoms with Gasteiger partial charge in [0.25, 0.3) is 0 Å². The van der Waals surface area contributed by atoms with E-state index in [0.29, 0.717) is 19.0 Å². The molecule has 1 aliphatic rings. The number of nitrogens with zero attached hydrogens (tertiary/aromatic N) is 2. The highest BCUT2D eigenvalue weighted by Crippen LogP contribution is 2.27. The molecule has 1 saturated heterocycles. The summed E-state index contributed by atoms with van der Waals surface area (Å²) in [6.07, 6.45) is 3.45. The monoisotopic (exact) mass is 223 g/mol. The lowest BCUT2D eigenvalue weighted by atomic mass is 9.95. The predicted molar refractivity (Wildman–Crippen MR) is 59.1 cm³/mol. The van der Waals surface area contributed by atoms with Crippen LogP contribution in [0.5, 0.6) is 0 Å². The standard InChI is InChI=1S/C11H17N3O2/c1-11(2,3)16-10(15)14-6-9(7-14)8-4-12-13-5-8/h4-5,9H,6-7H2,1-3H3,(H,12,13). The summed E-state index contributed by atoms with van der Waals surface area (Å²) in [5.41, 5.74) is 0.734. The molecular formula is C11H17N3O2. The number of carbonyl (C=O) groups excluding carboxylic acids is 1. The van der Waals surface area contributed by atoms with E-state index in [9.17, 15) is 4.79 Å². The van der Waals surface area contributed by atoms with E-state index in [4.69, 9.17) is 4.74 Å². The van der Waals surface area contributed by atoms with Gasteiger partial charge in [-0.3, -0.25) is 5.10 Å². The van der Waals surface area contributed by atoms with Crippen molar-refractivity contribution in [2.75, 3.05) is 13.1 Å². The van der Waals surface area contributed by atoms with Crippen molar-refractivity contribution in [3.63, 3.8) is 0 Å². The molecule has 88 valence electrons. The van der Waals surface area contributed by atoms with Crippen LogP contribution in [0.2, 0.25) is 0 Å². The molecule has 1 aromatic rings. The van der Waals surface area contributed by atoms with Crippen molar-refractivity contribution in [1.29, 1.82) is 0 Å². The van der Waals surface area contributed by atoms with Gasteiger partial charge in [-0.1, -0.05) is 0 Å². The minimum absolute atomic E-state index is 0.229. The number of carbonyl (C=O) groups is 1. The van der Waals surface area contributed by atoms with Crippen molar-refractivity contribution in [3.05, 3.63) is 18.0 Å². The molecule has 1 aromatic heterocycles. The molecule has 0 radical (unpaired) electrons. The topological polar surface area (TPSA) is 58.2 Å². The zero-order valence-electron chi connectivity index (χ0n) is 9.86. The molecule has 0 bridgehead atoms. The summed E-state index contributed by atoms with van der Waals surface area (Å²) in [4.78, 5) is 13.3. The molecule has 0 aromatic carbocycles. The van der Waals surface area contributed by atoms with Gasteiger partial charge in [0.2, 0.25) is 0 Å². The third-order valence-electron chi connectivity index (χ3n) is 2.52. The van der Waals surface area contributed by atoms with Gasteiger partial charge in [-0.05, 0) is 26.3 Å². The molecule has 1 N–H and O–H groups in total. The number of amides is 1. The Balaban J connectivity index is 1.82. The second-order valence-electron chi connectivity index (χ2n) is 5.11. The lowest BCUT2D eigenvalue weighted by Gasteiger charge is -2.39. The predicted octanol–water partition coefficient (Wildman–Crippen LogP) is 1.74. The smallest absolute Gasteiger partial charge is 0.410 e. The Morgan fingerprint density at radius 3 is 2.75 bits per heavy atom. The quantitative estimate of drug-likeness (QED) is 0.789. The van der Waals surface area contributed by atoms with Crippen LogP contribution in [-0.2, 0) is 4.74 Å². The maximum Gasteiger partial charge on any atom is 0.410 e. The van der Waals surface area contributed by atoms with Crippen LogP contribution in [0.3, 0.4) is 0 Å². The normalized spacial score (nSPS) is 17.1. The number of aromatic amines is 1. The Morgan fingerprint density at radius 1 is 1.56 bits per heavy atom. The van der Waals surface area contributed by atoms with Gasteiger partial charge >= 0.3 is 6.09 Å². The Bertz CT molecular complexity index is 361. The van der Waals surface area contributed by atoms with Gasteiger partial charge < -0.3 is 9.64 Å². The molecule has 1 aliphatic heterocycles. The molecule has 5 heteroatoms. The van der Waals surface area contributed by atoms with Crippen LogP contribution in [0, 0.1) is 0 Å². The Morgan fingerprint density at radius 2 is 2.25 bits per heavy atom. The summed E-state index contributed by atoms with van der Waals surface area (Å²) in [6, 6.07) is 0. The summed E-state index contributed by atoms with van der Waals surface area (Å²) in [6.45, 7) is 7.05. The third-order valence-corrected chi connectivity index (χ3v) is 2.52. The average molecular weight is 223 g/mol. The van der Waals surface area contributed by atoms with E-state index in [1.165, 1.54) is 0 Å². The number of aromatic nitrogens is 2. The molecule has 0 aliphatic carbocycles. The van der Waals surface area contributed by atoms with Gasteiger partial charge in [-0.2, -0.15) is 5.10 Å². The molecule has 0 spiro atoms. The molecule has 1 amide bonds. The molecule has 2 rings (SSSR count). The first-order valence-corrected chi connectivity index (χ1v) is 5.42. The number of H-pyrrole nitrogens is 1. The van der Waals surface area contributed by atoms with Gasteiger partial charge in [0.1, 0.15) is 5.60 Å². The zero-order valence-corrected chi connectivity index (χ0v) is 9.86. The first kappa shape index (κ1) is 11.0. The molecule has 0 unspecified atom stereocenters. The molecule has 5 nitrogen and oxygen atoms in total. The lowest BCUT2D eigenvalue weighted by Crippen LogP contribution is -2.50. The lowest BCUT2D eigenvalue weighted by molar-refractivity contribution is 0.00820. The minimum Gasteiger partial charge on any atom is -0.444 e. The van der Waals surface area contributed by atoms with E-state index in [1.54, 1.807) is 11.1 Å². The van der Waals surface area contributed by atoms with Crippen molar-refractivity contribution >= 4 is 6.09 Å². The van der Waals surface area contributed by atoms with E-state index >= 15 is 0 Å². The van der Waals surface area contributed by atoms with Crippen LogP contribution in [0.25, 0.3) is 0 Å². The fourth-order valence-corrected chi connectivity index (χ4v) is 1.65. The number of hydrogen-bond donors (Lipinski definition) is 1. The van der Waals surface area contributed by atoms with Gasteiger partial charge in [-0.25, -0.2) is 4.79 Å². The summed E-state index contributed by atoms with van der Waals surface area (Å²) >= 11 is 0. The summed E-state index contributed by atoms with van der Waals surface area (Å²) in [7, 11) is 0. The highest BCUT2D eigenvalue weighted by Gasteiger charge is 2.34. The van der Waals surface area contributed by atoms with Crippen molar-refractivity contribution in [1.82, 2.24) is 15.1 Å². The first-order chi connectivity index (χ1) is 7.46. The Labute approximate surface area is 94.8 Å². The average Bonchev–Trinajstić information content (AvgIpc) is 2.49. The summed E-state index contributed by atoms with van der Waals surface area (Å²) < 4.78 is 5.27. The fourth-order valence-electron chi connectivity index (χ4n) is 1.65. The molecule has 2 heterocycles. The largest absolute Gasteiger partial charge is 0.444 e. The molecule has 0 saturated carbocycles. The SMILES string of the molecule is CC(C)(C)OC(=O)N1CC(c2cn[nH]c2)C1. The minimum atomic E-state index is -0.419. The van der Waals surface area contributed by atoms with Gasteiger partial charge in [0, 0.05) is 25.2 Å². The molecular weight excluding hydrogens is 206 g/mol. The van der Waals surface area contributed by atoms with Crippen molar-refractivity contribution in [2.45, 2.75) is 32.3 Å². The number of nitrogens with one attached hydrogen (secondary N) is 1. The van der Waals surface area contributed by atoms with Crippen LogP contribution in [-0.4, -0.2) is 39.9 Å². The Hall–Kier alpha value is -1.52. The summed E-state index contributed by atoms with van der Waals surface area (Å²) in [5, 5.41) is 6.67. The van der Waals surface area contributed by atoms with E-state index in [1.807, 2.05) is 27.0 Å². The molecule has 0 atom stereocenters. The Kier molecular flexibility index (Phi) is 2.61. The maximum atomic E-state index is 11.6. The van der Waals surface area contributed by atoms with Gasteiger partial charge in [-0.15, -0.1) is 0 Å². The molecule has 1 fully saturated rings. The third kappa shape index (κ3) is 2.35. The number of rotatable bonds is 1. The van der Waals surface area contributed by atoms with Crippen LogP contribution < -0.4 is 0 Å². The van der Waals surface area contributed by atoms with Crippen LogP contribution >= 0.6 is 0 Å². The van der Waals surface area contributed by atoms with Gasteiger partial charge in [0.05, 0.1) is 6.20 Å². The van der Waals surface area contributed by atoms with E-state index in [0.717, 1.165) is 5.56 Å². The van der Waals surface area contributed by atoms with Crippen LogP contribution in [0.15, 0.2) is 12.4 Å². The zero-order chi connectivity index (χ0) is 11.8. The van der Waals surface area contributed by atoms with Crippen molar-refractivity contribution < 1.29 is 9.53 Å². The highest BCUT2D eigenvalue weighted by molar-refractivity contribution is 5.69.